The molecule has 0 aliphatic heterocycles. The average molecular weight is 326 g/mol. The highest BCUT2D eigenvalue weighted by molar-refractivity contribution is 8.01. The van der Waals surface area contributed by atoms with Crippen molar-refractivity contribution in [2.24, 2.45) is 0 Å². The number of hydrogen-bond acceptors (Lipinski definition) is 7. The van der Waals surface area contributed by atoms with Gasteiger partial charge in [0.05, 0.1) is 20.8 Å². The van der Waals surface area contributed by atoms with Crippen LogP contribution in [0.2, 0.25) is 0 Å². The van der Waals surface area contributed by atoms with Gasteiger partial charge in [0.1, 0.15) is 4.21 Å². The van der Waals surface area contributed by atoms with Gasteiger partial charge in [0, 0.05) is 17.0 Å². The van der Waals surface area contributed by atoms with Crippen LogP contribution in [0.15, 0.2) is 39.4 Å². The van der Waals surface area contributed by atoms with Crippen molar-refractivity contribution in [3.8, 4) is 0 Å². The van der Waals surface area contributed by atoms with Crippen molar-refractivity contribution in [3.63, 3.8) is 0 Å². The predicted octanol–water partition coefficient (Wildman–Crippen LogP) is 3.77. The van der Waals surface area contributed by atoms with E-state index in [1.165, 1.54) is 31.2 Å². The molecule has 0 radical (unpaired) electrons. The molecule has 21 heavy (non-hydrogen) atoms. The van der Waals surface area contributed by atoms with E-state index >= 15 is 0 Å². The van der Waals surface area contributed by atoms with Crippen LogP contribution < -0.4 is 0 Å². The van der Waals surface area contributed by atoms with E-state index in [4.69, 9.17) is 0 Å². The van der Waals surface area contributed by atoms with Gasteiger partial charge in [-0.15, -0.1) is 11.3 Å². The van der Waals surface area contributed by atoms with E-state index in [-0.39, 0.29) is 11.4 Å². The molecule has 0 aliphatic carbocycles. The maximum atomic E-state index is 11.1. The van der Waals surface area contributed by atoms with Gasteiger partial charge < -0.3 is 5.11 Å². The zero-order valence-electron chi connectivity index (χ0n) is 10.8. The molecule has 0 saturated carbocycles. The van der Waals surface area contributed by atoms with Gasteiger partial charge >= 0.3 is 0 Å². The Morgan fingerprint density at radius 1 is 1.19 bits per heavy atom. The lowest BCUT2D eigenvalue weighted by molar-refractivity contribution is -0.388. The maximum Gasteiger partial charge on any atom is 0.294 e. The Kier molecular flexibility index (Phi) is 4.56. The average Bonchev–Trinajstić information content (AvgIpc) is 2.83. The minimum Gasteiger partial charge on any atom is -0.388 e. The molecule has 9 heteroatoms. The molecule has 1 aromatic carbocycles. The summed E-state index contributed by atoms with van der Waals surface area (Å²) in [7, 11) is 0. The summed E-state index contributed by atoms with van der Waals surface area (Å²) in [5, 5.41) is 31.5. The zero-order chi connectivity index (χ0) is 15.6. The monoisotopic (exact) mass is 326 g/mol. The van der Waals surface area contributed by atoms with Crippen molar-refractivity contribution in [1.29, 1.82) is 0 Å². The topological polar surface area (TPSA) is 107 Å². The number of para-hydroxylation sites is 1. The van der Waals surface area contributed by atoms with E-state index < -0.39 is 16.0 Å². The molecule has 1 heterocycles. The van der Waals surface area contributed by atoms with Crippen LogP contribution >= 0.6 is 23.1 Å². The second kappa shape index (κ2) is 6.20. The minimum absolute atomic E-state index is 0.108. The molecule has 110 valence electrons. The smallest absolute Gasteiger partial charge is 0.294 e. The van der Waals surface area contributed by atoms with Crippen LogP contribution in [0.4, 0.5) is 11.4 Å². The number of thiophene rings is 1. The van der Waals surface area contributed by atoms with Crippen molar-refractivity contribution in [1.82, 2.24) is 0 Å². The van der Waals surface area contributed by atoms with E-state index in [9.17, 15) is 25.3 Å². The summed E-state index contributed by atoms with van der Waals surface area (Å²) in [5.74, 6) is 0. The Morgan fingerprint density at radius 2 is 1.81 bits per heavy atom. The third-order valence-corrected chi connectivity index (χ3v) is 5.12. The van der Waals surface area contributed by atoms with Crippen molar-refractivity contribution >= 4 is 34.5 Å². The first-order valence-electron chi connectivity index (χ1n) is 5.77. The molecule has 1 N–H and O–H groups in total. The molecule has 1 aromatic heterocycles. The quantitative estimate of drug-likeness (QED) is 0.662. The Balaban J connectivity index is 2.44. The fraction of sp³-hybridized carbons (Fsp3) is 0.167. The fourth-order valence-electron chi connectivity index (χ4n) is 1.58. The summed E-state index contributed by atoms with van der Waals surface area (Å²) in [4.78, 5) is 21.7. The SMILES string of the molecule is C[C@H](O)c1cc([N+](=O)[O-])c(Sc2ccccc2[N+](=O)[O-])s1. The largest absolute Gasteiger partial charge is 0.388 e. The van der Waals surface area contributed by atoms with Gasteiger partial charge in [0.2, 0.25) is 0 Å². The van der Waals surface area contributed by atoms with Gasteiger partial charge in [-0.25, -0.2) is 0 Å². The summed E-state index contributed by atoms with van der Waals surface area (Å²) in [6, 6.07) is 7.34. The number of hydrogen-bond donors (Lipinski definition) is 1. The van der Waals surface area contributed by atoms with Crippen LogP contribution in [-0.4, -0.2) is 15.0 Å². The lowest BCUT2D eigenvalue weighted by atomic mass is 10.3. The lowest BCUT2D eigenvalue weighted by Gasteiger charge is -2.00. The molecule has 0 saturated heterocycles. The molecule has 0 bridgehead atoms. The molecule has 2 rings (SSSR count). The zero-order valence-corrected chi connectivity index (χ0v) is 12.4. The summed E-state index contributed by atoms with van der Waals surface area (Å²) < 4.78 is 0.310. The van der Waals surface area contributed by atoms with Crippen LogP contribution in [0, 0.1) is 20.2 Å². The predicted molar refractivity (Wildman–Crippen MR) is 78.8 cm³/mol. The van der Waals surface area contributed by atoms with Crippen LogP contribution in [0.1, 0.15) is 17.9 Å². The first-order chi connectivity index (χ1) is 9.90. The van der Waals surface area contributed by atoms with Crippen molar-refractivity contribution in [2.45, 2.75) is 22.1 Å². The molecule has 0 aliphatic rings. The normalized spacial score (nSPS) is 12.1. The second-order valence-corrected chi connectivity index (χ2v) is 6.48. The summed E-state index contributed by atoms with van der Waals surface area (Å²) in [6.07, 6.45) is -0.825. The number of nitro benzene ring substituents is 1. The molecule has 0 amide bonds. The standard InChI is InChI=1S/C12H10N2O5S2/c1-7(15)11-6-9(14(18)19)12(21-11)20-10-5-3-2-4-8(10)13(16)17/h2-7,15H,1H3/t7-/m0/s1. The van der Waals surface area contributed by atoms with E-state index in [0.29, 0.717) is 14.0 Å². The fourth-order valence-corrected chi connectivity index (χ4v) is 3.93. The number of nitro groups is 2. The van der Waals surface area contributed by atoms with Gasteiger partial charge in [-0.2, -0.15) is 0 Å². The van der Waals surface area contributed by atoms with Crippen LogP contribution in [0.25, 0.3) is 0 Å². The van der Waals surface area contributed by atoms with Gasteiger partial charge in [-0.05, 0) is 13.0 Å². The molecule has 1 atom stereocenters. The summed E-state index contributed by atoms with van der Waals surface area (Å²) >= 11 is 2.02. The molecule has 7 nitrogen and oxygen atoms in total. The van der Waals surface area contributed by atoms with Gasteiger partial charge in [0.25, 0.3) is 11.4 Å². The van der Waals surface area contributed by atoms with Gasteiger partial charge in [-0.3, -0.25) is 20.2 Å². The van der Waals surface area contributed by atoms with Gasteiger partial charge in [0.15, 0.2) is 0 Å². The minimum atomic E-state index is -0.825. The van der Waals surface area contributed by atoms with E-state index in [1.807, 2.05) is 0 Å². The van der Waals surface area contributed by atoms with Crippen molar-refractivity contribution in [2.75, 3.05) is 0 Å². The Bertz CT molecular complexity index is 699. The third kappa shape index (κ3) is 3.38. The summed E-state index contributed by atoms with van der Waals surface area (Å²) in [6.45, 7) is 1.51. The molecular formula is C12H10N2O5S2. The third-order valence-electron chi connectivity index (χ3n) is 2.57. The summed E-state index contributed by atoms with van der Waals surface area (Å²) in [5.41, 5.74) is -0.261. The molecular weight excluding hydrogens is 316 g/mol. The highest BCUT2D eigenvalue weighted by atomic mass is 32.2. The van der Waals surface area contributed by atoms with E-state index in [0.717, 1.165) is 23.1 Å². The second-order valence-electron chi connectivity index (χ2n) is 4.08. The lowest BCUT2D eigenvalue weighted by Crippen LogP contribution is -1.90. The van der Waals surface area contributed by atoms with Crippen LogP contribution in [0.5, 0.6) is 0 Å². The number of benzene rings is 1. The molecule has 0 spiro atoms. The number of rotatable bonds is 5. The highest BCUT2D eigenvalue weighted by Gasteiger charge is 2.24. The first-order valence-corrected chi connectivity index (χ1v) is 7.41. The van der Waals surface area contributed by atoms with Crippen LogP contribution in [0.3, 0.4) is 0 Å². The number of aliphatic hydroxyl groups is 1. The van der Waals surface area contributed by atoms with Crippen LogP contribution in [-0.2, 0) is 0 Å². The first kappa shape index (κ1) is 15.4. The van der Waals surface area contributed by atoms with Crippen molar-refractivity contribution < 1.29 is 15.0 Å². The maximum absolute atomic E-state index is 11.1. The Labute approximate surface area is 127 Å². The molecule has 0 fully saturated rings. The number of nitrogens with zero attached hydrogens (tertiary/aromatic N) is 2. The molecule has 0 unspecified atom stereocenters. The van der Waals surface area contributed by atoms with E-state index in [1.54, 1.807) is 6.07 Å². The Morgan fingerprint density at radius 3 is 2.38 bits per heavy atom. The van der Waals surface area contributed by atoms with Gasteiger partial charge in [-0.1, -0.05) is 23.9 Å². The highest BCUT2D eigenvalue weighted by Crippen LogP contribution is 2.45. The Hall–Kier alpha value is -1.97. The molecule has 2 aromatic rings. The number of aliphatic hydroxyl groups excluding tert-OH is 1. The van der Waals surface area contributed by atoms with E-state index in [2.05, 4.69) is 0 Å². The van der Waals surface area contributed by atoms with Crippen molar-refractivity contribution in [3.05, 3.63) is 55.4 Å².